The summed E-state index contributed by atoms with van der Waals surface area (Å²) in [5.74, 6) is -1.46. The van der Waals surface area contributed by atoms with Crippen LogP contribution in [0.5, 0.6) is 0 Å². The average Bonchev–Trinajstić information content (AvgIpc) is 2.00. The predicted octanol–water partition coefficient (Wildman–Crippen LogP) is -0.389. The maximum atomic E-state index is 11.0. The lowest BCUT2D eigenvalue weighted by Crippen LogP contribution is -2.15. The first kappa shape index (κ1) is 14.1. The number of hydrogen-bond acceptors (Lipinski definition) is 6. The van der Waals surface area contributed by atoms with Crippen LogP contribution < -0.4 is 0 Å². The summed E-state index contributed by atoms with van der Waals surface area (Å²) in [5, 5.41) is 8.43. The van der Waals surface area contributed by atoms with E-state index < -0.39 is 28.3 Å². The zero-order valence-electron chi connectivity index (χ0n) is 8.43. The fraction of sp³-hybridized carbons (Fsp3) is 0.750. The SMILES string of the molecule is CS(=O)(=O)OC(=O)CC(=O)CCCCO. The van der Waals surface area contributed by atoms with Gasteiger partial charge in [0.25, 0.3) is 0 Å². The van der Waals surface area contributed by atoms with E-state index in [2.05, 4.69) is 4.18 Å². The highest BCUT2D eigenvalue weighted by atomic mass is 32.2. The summed E-state index contributed by atoms with van der Waals surface area (Å²) in [6, 6.07) is 0. The molecule has 7 heteroatoms. The van der Waals surface area contributed by atoms with Crippen LogP contribution >= 0.6 is 0 Å². The third-order valence-electron chi connectivity index (χ3n) is 1.45. The molecule has 15 heavy (non-hydrogen) atoms. The standard InChI is InChI=1S/C8H14O6S/c1-15(12,13)14-8(11)6-7(10)4-2-3-5-9/h9H,2-6H2,1H3. The van der Waals surface area contributed by atoms with Crippen molar-refractivity contribution >= 4 is 21.9 Å². The minimum absolute atomic E-state index is 0.0128. The molecule has 0 aliphatic rings. The number of hydrogen-bond donors (Lipinski definition) is 1. The molecule has 0 fully saturated rings. The number of rotatable bonds is 7. The second kappa shape index (κ2) is 6.52. The summed E-state index contributed by atoms with van der Waals surface area (Å²) in [6.07, 6.45) is 1.29. The molecule has 0 heterocycles. The Balaban J connectivity index is 3.82. The van der Waals surface area contributed by atoms with E-state index >= 15 is 0 Å². The minimum Gasteiger partial charge on any atom is -0.396 e. The number of ketones is 1. The molecule has 6 nitrogen and oxygen atoms in total. The van der Waals surface area contributed by atoms with E-state index in [1.54, 1.807) is 0 Å². The van der Waals surface area contributed by atoms with Gasteiger partial charge in [-0.15, -0.1) is 0 Å². The average molecular weight is 238 g/mol. The fourth-order valence-corrected chi connectivity index (χ4v) is 1.28. The van der Waals surface area contributed by atoms with Gasteiger partial charge in [0.05, 0.1) is 6.26 Å². The van der Waals surface area contributed by atoms with Crippen LogP contribution in [0.3, 0.4) is 0 Å². The number of carbonyl (C=O) groups excluding carboxylic acids is 2. The molecule has 88 valence electrons. The molecule has 0 aliphatic heterocycles. The van der Waals surface area contributed by atoms with Gasteiger partial charge in [-0.2, -0.15) is 8.42 Å². The molecule has 0 aliphatic carbocycles. The smallest absolute Gasteiger partial charge is 0.329 e. The number of unbranched alkanes of at least 4 members (excludes halogenated alkanes) is 1. The maximum Gasteiger partial charge on any atom is 0.329 e. The lowest BCUT2D eigenvalue weighted by molar-refractivity contribution is -0.137. The second-order valence-corrected chi connectivity index (χ2v) is 4.63. The van der Waals surface area contributed by atoms with Crippen molar-refractivity contribution in [3.05, 3.63) is 0 Å². The number of Topliss-reactive ketones (excluding diaryl/α,β-unsaturated/α-hetero) is 1. The summed E-state index contributed by atoms with van der Waals surface area (Å²) >= 11 is 0. The molecule has 0 saturated heterocycles. The first-order valence-corrected chi connectivity index (χ1v) is 6.21. The highest BCUT2D eigenvalue weighted by Gasteiger charge is 2.15. The lowest BCUT2D eigenvalue weighted by Gasteiger charge is -2.00. The van der Waals surface area contributed by atoms with Crippen LogP contribution in [0.25, 0.3) is 0 Å². The van der Waals surface area contributed by atoms with Crippen LogP contribution in [-0.2, 0) is 23.9 Å². The van der Waals surface area contributed by atoms with E-state index in [4.69, 9.17) is 5.11 Å². The van der Waals surface area contributed by atoms with Gasteiger partial charge in [0.2, 0.25) is 0 Å². The molecule has 0 aromatic heterocycles. The van der Waals surface area contributed by atoms with Crippen molar-refractivity contribution in [3.63, 3.8) is 0 Å². The van der Waals surface area contributed by atoms with Gasteiger partial charge in [-0.1, -0.05) is 0 Å². The van der Waals surface area contributed by atoms with Crippen molar-refractivity contribution in [2.24, 2.45) is 0 Å². The Morgan fingerprint density at radius 1 is 1.27 bits per heavy atom. The Bertz CT molecular complexity index is 318. The van der Waals surface area contributed by atoms with Crippen molar-refractivity contribution in [2.45, 2.75) is 25.7 Å². The van der Waals surface area contributed by atoms with Crippen LogP contribution in [0.1, 0.15) is 25.7 Å². The quantitative estimate of drug-likeness (QED) is 0.368. The first-order chi connectivity index (χ1) is 6.85. The molecule has 0 radical (unpaired) electrons. The van der Waals surface area contributed by atoms with E-state index in [-0.39, 0.29) is 13.0 Å². The Morgan fingerprint density at radius 2 is 1.87 bits per heavy atom. The molecule has 0 atom stereocenters. The molecule has 0 unspecified atom stereocenters. The van der Waals surface area contributed by atoms with Gasteiger partial charge >= 0.3 is 16.1 Å². The fourth-order valence-electron chi connectivity index (χ4n) is 0.882. The predicted molar refractivity (Wildman–Crippen MR) is 51.5 cm³/mol. The summed E-state index contributed by atoms with van der Waals surface area (Å²) in [4.78, 5) is 21.9. The Kier molecular flexibility index (Phi) is 6.11. The van der Waals surface area contributed by atoms with Crippen LogP contribution in [0.15, 0.2) is 0 Å². The molecule has 0 rings (SSSR count). The topological polar surface area (TPSA) is 97.7 Å². The lowest BCUT2D eigenvalue weighted by atomic mass is 10.1. The molecule has 0 aromatic carbocycles. The summed E-state index contributed by atoms with van der Waals surface area (Å²) in [7, 11) is -3.84. The third-order valence-corrected chi connectivity index (χ3v) is 1.94. The van der Waals surface area contributed by atoms with Gasteiger partial charge in [-0.3, -0.25) is 9.59 Å². The van der Waals surface area contributed by atoms with Gasteiger partial charge in [-0.25, -0.2) is 0 Å². The molecule has 0 amide bonds. The maximum absolute atomic E-state index is 11.0. The summed E-state index contributed by atoms with van der Waals surface area (Å²) in [5.41, 5.74) is 0. The number of carbonyl (C=O) groups is 2. The second-order valence-electron chi connectivity index (χ2n) is 3.06. The number of aliphatic hydroxyl groups excluding tert-OH is 1. The van der Waals surface area contributed by atoms with Gasteiger partial charge in [0, 0.05) is 13.0 Å². The highest BCUT2D eigenvalue weighted by molar-refractivity contribution is 7.86. The molecule has 1 N–H and O–H groups in total. The zero-order chi connectivity index (χ0) is 11.9. The zero-order valence-corrected chi connectivity index (χ0v) is 9.25. The van der Waals surface area contributed by atoms with E-state index in [1.807, 2.05) is 0 Å². The van der Waals surface area contributed by atoms with Crippen LogP contribution in [0.4, 0.5) is 0 Å². The van der Waals surface area contributed by atoms with Gasteiger partial charge in [0.1, 0.15) is 12.2 Å². The molecule has 0 spiro atoms. The molecular weight excluding hydrogens is 224 g/mol. The normalized spacial score (nSPS) is 11.1. The van der Waals surface area contributed by atoms with Gasteiger partial charge in [-0.05, 0) is 12.8 Å². The van der Waals surface area contributed by atoms with E-state index in [9.17, 15) is 18.0 Å². The van der Waals surface area contributed by atoms with Crippen LogP contribution in [-0.4, -0.2) is 38.1 Å². The van der Waals surface area contributed by atoms with Crippen molar-refractivity contribution in [1.29, 1.82) is 0 Å². The van der Waals surface area contributed by atoms with E-state index in [0.717, 1.165) is 6.26 Å². The molecule has 0 bridgehead atoms. The monoisotopic (exact) mass is 238 g/mol. The van der Waals surface area contributed by atoms with Crippen molar-refractivity contribution in [2.75, 3.05) is 12.9 Å². The van der Waals surface area contributed by atoms with Crippen molar-refractivity contribution in [1.82, 2.24) is 0 Å². The number of aliphatic hydroxyl groups is 1. The largest absolute Gasteiger partial charge is 0.396 e. The van der Waals surface area contributed by atoms with Gasteiger partial charge in [0.15, 0.2) is 0 Å². The Labute approximate surface area is 88.4 Å². The van der Waals surface area contributed by atoms with Crippen LogP contribution in [0.2, 0.25) is 0 Å². The molecule has 0 saturated carbocycles. The van der Waals surface area contributed by atoms with Crippen molar-refractivity contribution < 1.29 is 27.3 Å². The van der Waals surface area contributed by atoms with Crippen LogP contribution in [0, 0.1) is 0 Å². The van der Waals surface area contributed by atoms with Gasteiger partial charge < -0.3 is 9.29 Å². The highest BCUT2D eigenvalue weighted by Crippen LogP contribution is 2.01. The van der Waals surface area contributed by atoms with Crippen molar-refractivity contribution in [3.8, 4) is 0 Å². The third kappa shape index (κ3) is 9.36. The summed E-state index contributed by atoms with van der Waals surface area (Å²) in [6.45, 7) is -0.0128. The molecular formula is C8H14O6S. The van der Waals surface area contributed by atoms with E-state index in [0.29, 0.717) is 12.8 Å². The first-order valence-electron chi connectivity index (χ1n) is 4.40. The molecule has 0 aromatic rings. The Hall–Kier alpha value is -0.950. The summed E-state index contributed by atoms with van der Waals surface area (Å²) < 4.78 is 25.0. The Morgan fingerprint density at radius 3 is 2.33 bits per heavy atom. The van der Waals surface area contributed by atoms with E-state index in [1.165, 1.54) is 0 Å². The minimum atomic E-state index is -3.84.